The van der Waals surface area contributed by atoms with E-state index in [1.54, 1.807) is 0 Å². The largest absolute Gasteiger partial charge is 0.353 e. The predicted octanol–water partition coefficient (Wildman–Crippen LogP) is 2.37. The van der Waals surface area contributed by atoms with E-state index in [4.69, 9.17) is 0 Å². The van der Waals surface area contributed by atoms with Crippen LogP contribution in [0.2, 0.25) is 0 Å². The Hall–Kier alpha value is -1.59. The van der Waals surface area contributed by atoms with Gasteiger partial charge in [0, 0.05) is 26.1 Å². The first-order valence-electron chi connectivity index (χ1n) is 10.9. The quantitative estimate of drug-likeness (QED) is 0.772. The number of likely N-dealkylation sites (tertiary alicyclic amines) is 1. The van der Waals surface area contributed by atoms with Gasteiger partial charge in [0.05, 0.1) is 5.92 Å². The van der Waals surface area contributed by atoms with E-state index in [1.807, 2.05) is 4.90 Å². The third-order valence-electron chi connectivity index (χ3n) is 6.55. The van der Waals surface area contributed by atoms with Crippen molar-refractivity contribution in [3.8, 4) is 0 Å². The van der Waals surface area contributed by atoms with Gasteiger partial charge in [0.2, 0.25) is 17.7 Å². The first kappa shape index (κ1) is 20.2. The molecule has 2 N–H and O–H groups in total. The minimum atomic E-state index is -0.426. The molecule has 3 amide bonds. The van der Waals surface area contributed by atoms with Crippen LogP contribution in [0.4, 0.5) is 0 Å². The van der Waals surface area contributed by atoms with Gasteiger partial charge < -0.3 is 15.5 Å². The molecular formula is C21H35N3O3. The van der Waals surface area contributed by atoms with E-state index in [9.17, 15) is 14.4 Å². The highest BCUT2D eigenvalue weighted by molar-refractivity contribution is 5.88. The van der Waals surface area contributed by atoms with Crippen LogP contribution in [0.15, 0.2) is 0 Å². The molecule has 0 aromatic carbocycles. The van der Waals surface area contributed by atoms with Crippen molar-refractivity contribution in [1.29, 1.82) is 0 Å². The molecule has 3 fully saturated rings. The van der Waals surface area contributed by atoms with Crippen molar-refractivity contribution in [2.24, 2.45) is 11.8 Å². The normalized spacial score (nSPS) is 25.8. The molecule has 2 aliphatic carbocycles. The average Bonchev–Trinajstić information content (AvgIpc) is 3.21. The zero-order valence-corrected chi connectivity index (χ0v) is 16.7. The highest BCUT2D eigenvalue weighted by Crippen LogP contribution is 2.30. The Labute approximate surface area is 162 Å². The second kappa shape index (κ2) is 9.56. The predicted molar refractivity (Wildman–Crippen MR) is 104 cm³/mol. The Kier molecular flexibility index (Phi) is 7.13. The maximum atomic E-state index is 13.2. The summed E-state index contributed by atoms with van der Waals surface area (Å²) >= 11 is 0. The van der Waals surface area contributed by atoms with Gasteiger partial charge in [-0.2, -0.15) is 0 Å². The zero-order chi connectivity index (χ0) is 19.2. The number of rotatable bonds is 5. The van der Waals surface area contributed by atoms with E-state index in [0.29, 0.717) is 19.1 Å². The Balaban J connectivity index is 1.58. The molecule has 0 aromatic heterocycles. The van der Waals surface area contributed by atoms with Crippen LogP contribution >= 0.6 is 0 Å². The highest BCUT2D eigenvalue weighted by Gasteiger charge is 2.37. The van der Waals surface area contributed by atoms with Gasteiger partial charge >= 0.3 is 0 Å². The van der Waals surface area contributed by atoms with Crippen molar-refractivity contribution >= 4 is 17.7 Å². The van der Waals surface area contributed by atoms with Crippen LogP contribution in [0.25, 0.3) is 0 Å². The molecule has 27 heavy (non-hydrogen) atoms. The van der Waals surface area contributed by atoms with E-state index < -0.39 is 6.04 Å². The summed E-state index contributed by atoms with van der Waals surface area (Å²) in [6.07, 6.45) is 11.8. The fraction of sp³-hybridized carbons (Fsp3) is 0.857. The number of hydrogen-bond donors (Lipinski definition) is 2. The summed E-state index contributed by atoms with van der Waals surface area (Å²) in [5, 5.41) is 6.12. The third kappa shape index (κ3) is 5.45. The van der Waals surface area contributed by atoms with Crippen LogP contribution < -0.4 is 10.6 Å². The van der Waals surface area contributed by atoms with E-state index in [0.717, 1.165) is 51.4 Å². The Bertz CT molecular complexity index is 539. The minimum Gasteiger partial charge on any atom is -0.353 e. The van der Waals surface area contributed by atoms with Gasteiger partial charge in [-0.1, -0.05) is 32.1 Å². The van der Waals surface area contributed by atoms with Crippen LogP contribution in [0, 0.1) is 11.8 Å². The van der Waals surface area contributed by atoms with Crippen LogP contribution in [-0.4, -0.2) is 47.8 Å². The fourth-order valence-electron chi connectivity index (χ4n) is 5.04. The van der Waals surface area contributed by atoms with Gasteiger partial charge in [-0.25, -0.2) is 0 Å². The van der Waals surface area contributed by atoms with Gasteiger partial charge in [-0.3, -0.25) is 14.4 Å². The van der Waals surface area contributed by atoms with Crippen molar-refractivity contribution in [1.82, 2.24) is 15.5 Å². The lowest BCUT2D eigenvalue weighted by atomic mass is 9.91. The molecule has 6 heteroatoms. The molecule has 6 nitrogen and oxygen atoms in total. The van der Waals surface area contributed by atoms with Crippen molar-refractivity contribution in [2.75, 3.05) is 13.1 Å². The molecule has 2 saturated carbocycles. The number of carbonyl (C=O) groups is 3. The van der Waals surface area contributed by atoms with Crippen molar-refractivity contribution in [3.05, 3.63) is 0 Å². The van der Waals surface area contributed by atoms with Crippen molar-refractivity contribution in [3.63, 3.8) is 0 Å². The number of amides is 3. The van der Waals surface area contributed by atoms with Gasteiger partial charge in [0.15, 0.2) is 0 Å². The topological polar surface area (TPSA) is 78.5 Å². The Morgan fingerprint density at radius 2 is 1.56 bits per heavy atom. The van der Waals surface area contributed by atoms with Gasteiger partial charge in [-0.15, -0.1) is 0 Å². The summed E-state index contributed by atoms with van der Waals surface area (Å²) in [4.78, 5) is 39.4. The Morgan fingerprint density at radius 1 is 0.889 bits per heavy atom. The monoisotopic (exact) mass is 377 g/mol. The average molecular weight is 378 g/mol. The molecule has 3 aliphatic rings. The molecule has 0 aromatic rings. The molecule has 2 atom stereocenters. The number of hydrogen-bond acceptors (Lipinski definition) is 3. The molecule has 152 valence electrons. The van der Waals surface area contributed by atoms with Crippen molar-refractivity contribution in [2.45, 2.75) is 89.6 Å². The third-order valence-corrected chi connectivity index (χ3v) is 6.55. The highest BCUT2D eigenvalue weighted by atomic mass is 16.2. The molecule has 0 radical (unpaired) electrons. The van der Waals surface area contributed by atoms with E-state index in [2.05, 4.69) is 10.6 Å². The molecule has 3 rings (SSSR count). The lowest BCUT2D eigenvalue weighted by molar-refractivity contribution is -0.141. The van der Waals surface area contributed by atoms with Gasteiger partial charge in [-0.05, 0) is 44.4 Å². The summed E-state index contributed by atoms with van der Waals surface area (Å²) in [7, 11) is 0. The molecule has 0 bridgehead atoms. The molecule has 1 saturated heterocycles. The van der Waals surface area contributed by atoms with Crippen LogP contribution in [0.5, 0.6) is 0 Å². The second-order valence-electron chi connectivity index (χ2n) is 8.69. The van der Waals surface area contributed by atoms with E-state index in [-0.39, 0.29) is 29.6 Å². The first-order valence-corrected chi connectivity index (χ1v) is 10.9. The summed E-state index contributed by atoms with van der Waals surface area (Å²) in [5.41, 5.74) is 0. The van der Waals surface area contributed by atoms with Crippen LogP contribution in [0.3, 0.4) is 0 Å². The lowest BCUT2D eigenvalue weighted by Gasteiger charge is -2.36. The smallest absolute Gasteiger partial charge is 0.245 e. The summed E-state index contributed by atoms with van der Waals surface area (Å²) in [6, 6.07) is -0.117. The van der Waals surface area contributed by atoms with E-state index >= 15 is 0 Å². The fourth-order valence-corrected chi connectivity index (χ4v) is 5.04. The van der Waals surface area contributed by atoms with Gasteiger partial charge in [0.25, 0.3) is 0 Å². The van der Waals surface area contributed by atoms with E-state index in [1.165, 1.54) is 26.2 Å². The molecule has 0 unspecified atom stereocenters. The molecule has 0 spiro atoms. The summed E-state index contributed by atoms with van der Waals surface area (Å²) < 4.78 is 0. The number of nitrogens with zero attached hydrogens (tertiary/aromatic N) is 1. The Morgan fingerprint density at radius 3 is 2.22 bits per heavy atom. The number of carbonyl (C=O) groups excluding carboxylic acids is 3. The maximum Gasteiger partial charge on any atom is 0.245 e. The summed E-state index contributed by atoms with van der Waals surface area (Å²) in [6.45, 7) is 2.65. The SMILES string of the molecule is CC(=O)N[C@H](C(=O)N1CCC[C@H](C(=O)NC2CCCCC2)C1)C1CCCC1. The zero-order valence-electron chi connectivity index (χ0n) is 16.7. The van der Waals surface area contributed by atoms with Crippen LogP contribution in [0.1, 0.15) is 77.6 Å². The lowest BCUT2D eigenvalue weighted by Crippen LogP contribution is -2.55. The van der Waals surface area contributed by atoms with Crippen LogP contribution in [-0.2, 0) is 14.4 Å². The minimum absolute atomic E-state index is 0.00673. The second-order valence-corrected chi connectivity index (χ2v) is 8.69. The van der Waals surface area contributed by atoms with Crippen molar-refractivity contribution < 1.29 is 14.4 Å². The number of nitrogens with one attached hydrogen (secondary N) is 2. The number of piperidine rings is 1. The summed E-state index contributed by atoms with van der Waals surface area (Å²) in [5.74, 6) is 0.0801. The molecule has 1 heterocycles. The maximum absolute atomic E-state index is 13.2. The first-order chi connectivity index (χ1) is 13.0. The standard InChI is InChI=1S/C21H35N3O3/c1-15(25)22-19(16-8-5-6-9-16)21(27)24-13-7-10-17(14-24)20(26)23-18-11-3-2-4-12-18/h16-19H,2-14H2,1H3,(H,22,25)(H,23,26)/t17-,19-/m0/s1. The van der Waals surface area contributed by atoms with Gasteiger partial charge in [0.1, 0.15) is 6.04 Å². The molecular weight excluding hydrogens is 342 g/mol. The molecule has 1 aliphatic heterocycles.